The van der Waals surface area contributed by atoms with Crippen LogP contribution in [-0.4, -0.2) is 63.6 Å². The van der Waals surface area contributed by atoms with Crippen LogP contribution in [0.4, 0.5) is 4.39 Å². The van der Waals surface area contributed by atoms with E-state index in [0.29, 0.717) is 11.3 Å². The number of amides is 1. The highest BCUT2D eigenvalue weighted by atomic mass is 19.1. The molecule has 0 spiro atoms. The highest BCUT2D eigenvalue weighted by molar-refractivity contribution is 5.94. The van der Waals surface area contributed by atoms with Gasteiger partial charge in [0.1, 0.15) is 36.0 Å². The molecular weight excluding hydrogens is 397 g/mol. The molecule has 1 aliphatic rings. The maximum atomic E-state index is 13.0. The smallest absolute Gasteiger partial charge is 0.251 e. The first kappa shape index (κ1) is 22.1. The number of carbonyl (C=O) groups excluding carboxylic acids is 1. The van der Waals surface area contributed by atoms with Crippen LogP contribution in [-0.2, 0) is 4.74 Å². The highest BCUT2D eigenvalue weighted by Crippen LogP contribution is 2.25. The molecule has 2 aromatic carbocycles. The second-order valence-electron chi connectivity index (χ2n) is 7.09. The van der Waals surface area contributed by atoms with E-state index in [-0.39, 0.29) is 11.9 Å². The van der Waals surface area contributed by atoms with Crippen molar-refractivity contribution in [3.63, 3.8) is 0 Å². The third-order valence-electron chi connectivity index (χ3n) is 4.93. The van der Waals surface area contributed by atoms with Gasteiger partial charge in [0.05, 0.1) is 12.6 Å². The SMILES string of the molecule is C[C@H](NC(=O)c1ccc(F)cc1)c1ccc(OC2OC(CO)C(O)C(O)C2O)cc1. The molecule has 1 saturated heterocycles. The molecule has 162 valence electrons. The number of halogens is 1. The standard InChI is InChI=1S/C21H24FNO7/c1-11(23-20(28)13-2-6-14(22)7-3-13)12-4-8-15(9-5-12)29-21-19(27)18(26)17(25)16(10-24)30-21/h2-9,11,16-19,21,24-27H,10H2,1H3,(H,23,28)/t11-,16?,17?,18?,19?,21?/m0/s1. The van der Waals surface area contributed by atoms with E-state index in [1.54, 1.807) is 31.2 Å². The molecule has 5 N–H and O–H groups in total. The first-order valence-electron chi connectivity index (χ1n) is 9.43. The molecule has 1 aliphatic heterocycles. The van der Waals surface area contributed by atoms with Gasteiger partial charge in [0.25, 0.3) is 5.91 Å². The molecule has 1 heterocycles. The van der Waals surface area contributed by atoms with Crippen LogP contribution >= 0.6 is 0 Å². The molecule has 3 rings (SSSR count). The van der Waals surface area contributed by atoms with Gasteiger partial charge in [-0.05, 0) is 48.9 Å². The third kappa shape index (κ3) is 4.94. The molecule has 0 bridgehead atoms. The van der Waals surface area contributed by atoms with Crippen LogP contribution in [0.3, 0.4) is 0 Å². The van der Waals surface area contributed by atoms with Crippen LogP contribution in [0, 0.1) is 5.82 Å². The van der Waals surface area contributed by atoms with Gasteiger partial charge < -0.3 is 35.2 Å². The molecule has 2 aromatic rings. The molecule has 1 fully saturated rings. The van der Waals surface area contributed by atoms with Crippen molar-refractivity contribution in [2.24, 2.45) is 0 Å². The van der Waals surface area contributed by atoms with Gasteiger partial charge in [-0.15, -0.1) is 0 Å². The summed E-state index contributed by atoms with van der Waals surface area (Å²) in [5.74, 6) is -0.445. The number of carbonyl (C=O) groups is 1. The lowest BCUT2D eigenvalue weighted by atomic mass is 9.99. The molecule has 0 aromatic heterocycles. The van der Waals surface area contributed by atoms with E-state index in [4.69, 9.17) is 9.47 Å². The predicted molar refractivity (Wildman–Crippen MR) is 103 cm³/mol. The van der Waals surface area contributed by atoms with Crippen LogP contribution in [0.25, 0.3) is 0 Å². The zero-order valence-corrected chi connectivity index (χ0v) is 16.2. The Morgan fingerprint density at radius 3 is 2.30 bits per heavy atom. The average Bonchev–Trinajstić information content (AvgIpc) is 2.75. The lowest BCUT2D eigenvalue weighted by molar-refractivity contribution is -0.277. The lowest BCUT2D eigenvalue weighted by Crippen LogP contribution is -2.60. The van der Waals surface area contributed by atoms with Crippen molar-refractivity contribution in [1.29, 1.82) is 0 Å². The Morgan fingerprint density at radius 2 is 1.70 bits per heavy atom. The van der Waals surface area contributed by atoms with Crippen LogP contribution in [0.2, 0.25) is 0 Å². The summed E-state index contributed by atoms with van der Waals surface area (Å²) < 4.78 is 23.8. The van der Waals surface area contributed by atoms with Gasteiger partial charge in [0.2, 0.25) is 6.29 Å². The molecule has 1 amide bonds. The summed E-state index contributed by atoms with van der Waals surface area (Å²) in [4.78, 5) is 12.3. The first-order chi connectivity index (χ1) is 14.3. The summed E-state index contributed by atoms with van der Waals surface area (Å²) in [6.45, 7) is 1.24. The Labute approximate surface area is 172 Å². The van der Waals surface area contributed by atoms with Crippen LogP contribution in [0.1, 0.15) is 28.9 Å². The van der Waals surface area contributed by atoms with Gasteiger partial charge in [0, 0.05) is 5.56 Å². The van der Waals surface area contributed by atoms with E-state index in [2.05, 4.69) is 5.32 Å². The van der Waals surface area contributed by atoms with Gasteiger partial charge in [-0.2, -0.15) is 0 Å². The fraction of sp³-hybridized carbons (Fsp3) is 0.381. The van der Waals surface area contributed by atoms with Gasteiger partial charge >= 0.3 is 0 Å². The van der Waals surface area contributed by atoms with Crippen LogP contribution < -0.4 is 10.1 Å². The summed E-state index contributed by atoms with van der Waals surface area (Å²) in [5, 5.41) is 41.7. The molecular formula is C21H24FNO7. The van der Waals surface area contributed by atoms with Crippen LogP contribution in [0.5, 0.6) is 5.75 Å². The van der Waals surface area contributed by atoms with Crippen LogP contribution in [0.15, 0.2) is 48.5 Å². The fourth-order valence-electron chi connectivity index (χ4n) is 3.10. The van der Waals surface area contributed by atoms with Crippen molar-refractivity contribution < 1.29 is 39.1 Å². The quantitative estimate of drug-likeness (QED) is 0.459. The van der Waals surface area contributed by atoms with Crippen molar-refractivity contribution in [3.8, 4) is 5.75 Å². The highest BCUT2D eigenvalue weighted by Gasteiger charge is 2.44. The van der Waals surface area contributed by atoms with E-state index < -0.39 is 43.1 Å². The summed E-state index contributed by atoms with van der Waals surface area (Å²) in [6.07, 6.45) is -6.83. The number of aliphatic hydroxyl groups excluding tert-OH is 4. The minimum absolute atomic E-state index is 0.320. The van der Waals surface area contributed by atoms with Crippen molar-refractivity contribution >= 4 is 5.91 Å². The number of ether oxygens (including phenoxy) is 2. The Balaban J connectivity index is 1.61. The Kier molecular flexibility index (Phi) is 7.01. The zero-order chi connectivity index (χ0) is 21.8. The molecule has 8 nitrogen and oxygen atoms in total. The largest absolute Gasteiger partial charge is 0.462 e. The normalized spacial score (nSPS) is 27.3. The number of rotatable bonds is 6. The molecule has 0 aliphatic carbocycles. The Bertz CT molecular complexity index is 843. The molecule has 5 unspecified atom stereocenters. The van der Waals surface area contributed by atoms with Gasteiger partial charge in [-0.3, -0.25) is 4.79 Å². The topological polar surface area (TPSA) is 128 Å². The Morgan fingerprint density at radius 1 is 1.07 bits per heavy atom. The van der Waals surface area contributed by atoms with Crippen molar-refractivity contribution in [2.75, 3.05) is 6.61 Å². The molecule has 30 heavy (non-hydrogen) atoms. The minimum Gasteiger partial charge on any atom is -0.462 e. The minimum atomic E-state index is -1.53. The number of hydrogen-bond acceptors (Lipinski definition) is 7. The van der Waals surface area contributed by atoms with Crippen molar-refractivity contribution in [3.05, 3.63) is 65.5 Å². The van der Waals surface area contributed by atoms with Gasteiger partial charge in [-0.1, -0.05) is 12.1 Å². The molecule has 0 saturated carbocycles. The van der Waals surface area contributed by atoms with E-state index in [1.807, 2.05) is 0 Å². The van der Waals surface area contributed by atoms with Crippen molar-refractivity contribution in [1.82, 2.24) is 5.32 Å². The summed E-state index contributed by atoms with van der Waals surface area (Å²) >= 11 is 0. The van der Waals surface area contributed by atoms with E-state index in [0.717, 1.165) is 5.56 Å². The number of hydrogen-bond donors (Lipinski definition) is 5. The van der Waals surface area contributed by atoms with Gasteiger partial charge in [0.15, 0.2) is 0 Å². The van der Waals surface area contributed by atoms with E-state index in [1.165, 1.54) is 24.3 Å². The maximum absolute atomic E-state index is 13.0. The average molecular weight is 421 g/mol. The van der Waals surface area contributed by atoms with E-state index in [9.17, 15) is 29.6 Å². The number of nitrogens with one attached hydrogen (secondary N) is 1. The second-order valence-corrected chi connectivity index (χ2v) is 7.09. The molecule has 9 heteroatoms. The van der Waals surface area contributed by atoms with Gasteiger partial charge in [-0.25, -0.2) is 4.39 Å². The number of aliphatic hydroxyl groups is 4. The lowest BCUT2D eigenvalue weighted by Gasteiger charge is -2.39. The summed E-state index contributed by atoms with van der Waals surface area (Å²) in [5.41, 5.74) is 1.11. The third-order valence-corrected chi connectivity index (χ3v) is 4.93. The predicted octanol–water partition coefficient (Wildman–Crippen LogP) is 0.495. The molecule has 6 atom stereocenters. The zero-order valence-electron chi connectivity index (χ0n) is 16.2. The van der Waals surface area contributed by atoms with Crippen molar-refractivity contribution in [2.45, 2.75) is 43.7 Å². The maximum Gasteiger partial charge on any atom is 0.251 e. The Hall–Kier alpha value is -2.56. The summed E-state index contributed by atoms with van der Waals surface area (Å²) in [7, 11) is 0. The summed E-state index contributed by atoms with van der Waals surface area (Å²) in [6, 6.07) is 11.5. The number of benzene rings is 2. The first-order valence-corrected chi connectivity index (χ1v) is 9.43. The second kappa shape index (κ2) is 9.50. The fourth-order valence-corrected chi connectivity index (χ4v) is 3.10. The molecule has 0 radical (unpaired) electrons. The monoisotopic (exact) mass is 421 g/mol. The van der Waals surface area contributed by atoms with E-state index >= 15 is 0 Å².